The van der Waals surface area contributed by atoms with Gasteiger partial charge in [0.2, 0.25) is 0 Å². The molecule has 0 aromatic carbocycles. The van der Waals surface area contributed by atoms with E-state index in [4.69, 9.17) is 23.2 Å². The maximum absolute atomic E-state index is 5.64. The summed E-state index contributed by atoms with van der Waals surface area (Å²) >= 11 is 11.2. The van der Waals surface area contributed by atoms with Crippen LogP contribution in [-0.2, 0) is 0 Å². The molecule has 0 aromatic heterocycles. The third-order valence-corrected chi connectivity index (χ3v) is 1.51. The number of alkyl halides is 1. The van der Waals surface area contributed by atoms with Crippen molar-refractivity contribution in [2.75, 3.05) is 6.54 Å². The van der Waals surface area contributed by atoms with Gasteiger partial charge < -0.3 is 0 Å². The molecule has 1 aliphatic rings. The lowest BCUT2D eigenvalue weighted by Crippen LogP contribution is -2.08. The van der Waals surface area contributed by atoms with Crippen molar-refractivity contribution in [3.63, 3.8) is 0 Å². The quantitative estimate of drug-likeness (QED) is 0.394. The lowest BCUT2D eigenvalue weighted by molar-refractivity contribution is 0.899. The summed E-state index contributed by atoms with van der Waals surface area (Å²) in [5.41, 5.74) is 0.792. The Bertz CT molecular complexity index is 58.7. The fourth-order valence-corrected chi connectivity index (χ4v) is 1.13. The van der Waals surface area contributed by atoms with E-state index >= 15 is 0 Å². The minimum Gasteiger partial charge on any atom is -0.295 e. The Kier molecular flexibility index (Phi) is 1.79. The van der Waals surface area contributed by atoms with Crippen LogP contribution in [0.3, 0.4) is 0 Å². The molecule has 0 saturated carbocycles. The molecule has 7 heavy (non-hydrogen) atoms. The summed E-state index contributed by atoms with van der Waals surface area (Å²) in [7, 11) is 0. The zero-order valence-corrected chi connectivity index (χ0v) is 5.26. The average molecular weight is 139 g/mol. The van der Waals surface area contributed by atoms with Crippen LogP contribution in [0.4, 0.5) is 0 Å². The monoisotopic (exact) mass is 138 g/mol. The second-order valence-corrected chi connectivity index (χ2v) is 2.66. The topological polar surface area (TPSA) is 12.0 Å². The Labute approximate surface area is 53.0 Å². The maximum Gasteiger partial charge on any atom is 0.128 e. The molecule has 0 spiro atoms. The Balaban J connectivity index is 2.26. The smallest absolute Gasteiger partial charge is 0.128 e. The van der Waals surface area contributed by atoms with Gasteiger partial charge in [-0.1, -0.05) is 11.6 Å². The number of halogens is 2. The first-order valence-corrected chi connectivity index (χ1v) is 3.00. The highest BCUT2D eigenvalue weighted by molar-refractivity contribution is 6.28. The molecule has 1 N–H and O–H groups in total. The van der Waals surface area contributed by atoms with E-state index in [1.807, 2.05) is 0 Å². The van der Waals surface area contributed by atoms with Gasteiger partial charge in [-0.2, -0.15) is 0 Å². The number of hydrogen-bond acceptors (Lipinski definition) is 1. The van der Waals surface area contributed by atoms with Crippen molar-refractivity contribution >= 4 is 23.2 Å². The van der Waals surface area contributed by atoms with Crippen LogP contribution >= 0.6 is 23.2 Å². The van der Waals surface area contributed by atoms with Gasteiger partial charge in [0.05, 0.1) is 0 Å². The summed E-state index contributed by atoms with van der Waals surface area (Å²) in [5, 5.41) is 3.13. The predicted molar refractivity (Wildman–Crippen MR) is 31.4 cm³/mol. The first-order chi connectivity index (χ1) is 3.29. The van der Waals surface area contributed by atoms with Gasteiger partial charge in [-0.3, -0.25) is 5.32 Å². The Morgan fingerprint density at radius 2 is 2.43 bits per heavy atom. The predicted octanol–water partition coefficient (Wildman–Crippen LogP) is 1.32. The largest absolute Gasteiger partial charge is 0.295 e. The lowest BCUT2D eigenvalue weighted by Gasteiger charge is -1.90. The molecule has 1 nitrogen and oxygen atoms in total. The molecule has 41 valence electrons. The highest BCUT2D eigenvalue weighted by Gasteiger charge is 2.19. The highest BCUT2D eigenvalue weighted by Crippen LogP contribution is 2.20. The molecule has 0 aliphatic carbocycles. The van der Waals surface area contributed by atoms with Crippen LogP contribution in [0, 0.1) is 5.50 Å². The summed E-state index contributed by atoms with van der Waals surface area (Å²) in [6.07, 6.45) is 0.809. The van der Waals surface area contributed by atoms with E-state index in [-0.39, 0.29) is 5.38 Å². The first-order valence-electron chi connectivity index (χ1n) is 2.18. The summed E-state index contributed by atoms with van der Waals surface area (Å²) in [6, 6.07) is 0. The summed E-state index contributed by atoms with van der Waals surface area (Å²) in [5.74, 6) is 0. The van der Waals surface area contributed by atoms with Gasteiger partial charge in [0, 0.05) is 18.3 Å². The van der Waals surface area contributed by atoms with E-state index in [1.165, 1.54) is 0 Å². The second kappa shape index (κ2) is 2.21. The molecular formula is C4H6Cl2N. The zero-order valence-electron chi connectivity index (χ0n) is 3.75. The minimum absolute atomic E-state index is 0.215. The molecule has 1 aliphatic heterocycles. The third-order valence-electron chi connectivity index (χ3n) is 0.916. The normalized spacial score (nSPS) is 34.3. The zero-order chi connectivity index (χ0) is 5.28. The molecular weight excluding hydrogens is 133 g/mol. The van der Waals surface area contributed by atoms with Crippen LogP contribution in [0.1, 0.15) is 6.42 Å². The first kappa shape index (κ1) is 5.67. The third kappa shape index (κ3) is 1.48. The fraction of sp³-hybridized carbons (Fsp3) is 0.750. The molecule has 0 bridgehead atoms. The number of nitrogens with one attached hydrogen (secondary N) is 1. The maximum atomic E-state index is 5.64. The highest BCUT2D eigenvalue weighted by atomic mass is 35.5. The van der Waals surface area contributed by atoms with Crippen LogP contribution < -0.4 is 5.32 Å². The minimum atomic E-state index is 0.215. The summed E-state index contributed by atoms with van der Waals surface area (Å²) < 4.78 is 0. The molecule has 1 atom stereocenters. The van der Waals surface area contributed by atoms with Gasteiger partial charge in [-0.15, -0.1) is 11.6 Å². The number of rotatable bonds is 0. The Hall–Kier alpha value is 0.540. The molecule has 1 radical (unpaired) electrons. The standard InChI is InChI=1S/C4H6Cl2N/c5-3-1-4(6)7-2-3/h3,7H,1-2H2. The van der Waals surface area contributed by atoms with Gasteiger partial charge in [-0.25, -0.2) is 0 Å². The average Bonchev–Trinajstić information content (AvgIpc) is 1.87. The molecule has 1 unspecified atom stereocenters. The van der Waals surface area contributed by atoms with Crippen LogP contribution in [-0.4, -0.2) is 11.9 Å². The van der Waals surface area contributed by atoms with Gasteiger partial charge in [0.25, 0.3) is 0 Å². The van der Waals surface area contributed by atoms with Crippen molar-refractivity contribution in [3.05, 3.63) is 5.50 Å². The SMILES string of the molecule is Cl[C]1CC(Cl)CN1. The van der Waals surface area contributed by atoms with E-state index in [0.29, 0.717) is 0 Å². The van der Waals surface area contributed by atoms with E-state index in [0.717, 1.165) is 18.5 Å². The van der Waals surface area contributed by atoms with Crippen molar-refractivity contribution in [1.29, 1.82) is 0 Å². The Morgan fingerprint density at radius 1 is 1.71 bits per heavy atom. The van der Waals surface area contributed by atoms with Gasteiger partial charge in [0.1, 0.15) is 5.50 Å². The van der Waals surface area contributed by atoms with Crippen molar-refractivity contribution < 1.29 is 0 Å². The van der Waals surface area contributed by atoms with Gasteiger partial charge in [0.15, 0.2) is 0 Å². The van der Waals surface area contributed by atoms with E-state index < -0.39 is 0 Å². The Morgan fingerprint density at radius 3 is 2.57 bits per heavy atom. The van der Waals surface area contributed by atoms with E-state index in [1.54, 1.807) is 0 Å². The van der Waals surface area contributed by atoms with Crippen molar-refractivity contribution in [2.24, 2.45) is 0 Å². The van der Waals surface area contributed by atoms with Gasteiger partial charge in [-0.05, 0) is 0 Å². The second-order valence-electron chi connectivity index (χ2n) is 1.59. The lowest BCUT2D eigenvalue weighted by atomic mass is 10.4. The summed E-state index contributed by atoms with van der Waals surface area (Å²) in [4.78, 5) is 0. The van der Waals surface area contributed by atoms with Crippen molar-refractivity contribution in [1.82, 2.24) is 5.32 Å². The molecule has 1 fully saturated rings. The molecule has 0 amide bonds. The summed E-state index contributed by atoms with van der Waals surface area (Å²) in [6.45, 7) is 0.820. The molecule has 1 heterocycles. The number of hydrogen-bond donors (Lipinski definition) is 1. The van der Waals surface area contributed by atoms with Crippen LogP contribution in [0.15, 0.2) is 0 Å². The molecule has 1 saturated heterocycles. The van der Waals surface area contributed by atoms with Gasteiger partial charge >= 0.3 is 0 Å². The van der Waals surface area contributed by atoms with Crippen LogP contribution in [0.2, 0.25) is 0 Å². The van der Waals surface area contributed by atoms with Crippen molar-refractivity contribution in [3.8, 4) is 0 Å². The van der Waals surface area contributed by atoms with E-state index in [9.17, 15) is 0 Å². The van der Waals surface area contributed by atoms with E-state index in [2.05, 4.69) is 5.32 Å². The molecule has 1 rings (SSSR count). The fourth-order valence-electron chi connectivity index (χ4n) is 0.560. The van der Waals surface area contributed by atoms with Crippen LogP contribution in [0.5, 0.6) is 0 Å². The molecule has 3 heteroatoms. The van der Waals surface area contributed by atoms with Crippen molar-refractivity contribution in [2.45, 2.75) is 11.8 Å². The van der Waals surface area contributed by atoms with Crippen LogP contribution in [0.25, 0.3) is 0 Å². The molecule has 0 aromatic rings.